The van der Waals surface area contributed by atoms with Crippen LogP contribution < -0.4 is 0 Å². The zero-order valence-corrected chi connectivity index (χ0v) is 14.1. The highest BCUT2D eigenvalue weighted by atomic mass is 31.1. The summed E-state index contributed by atoms with van der Waals surface area (Å²) in [6.45, 7) is 15.7. The second kappa shape index (κ2) is 5.77. The summed E-state index contributed by atoms with van der Waals surface area (Å²) in [5, 5.41) is 10.4. The van der Waals surface area contributed by atoms with E-state index in [-0.39, 0.29) is 23.0 Å². The van der Waals surface area contributed by atoms with E-state index in [1.54, 1.807) is 0 Å². The summed E-state index contributed by atoms with van der Waals surface area (Å²) in [4.78, 5) is 0. The fraction of sp³-hybridized carbons (Fsp3) is 1.00. The van der Waals surface area contributed by atoms with Crippen molar-refractivity contribution in [3.8, 4) is 0 Å². The minimum atomic E-state index is -0.306. The lowest BCUT2D eigenvalue weighted by atomic mass is 9.61. The molecule has 0 aromatic carbocycles. The third-order valence-corrected chi connectivity index (χ3v) is 4.94. The van der Waals surface area contributed by atoms with Crippen LogP contribution in [0.15, 0.2) is 0 Å². The molecule has 0 aromatic heterocycles. The third-order valence-electron chi connectivity index (χ3n) is 4.43. The average molecular weight is 274 g/mol. The van der Waals surface area contributed by atoms with Crippen LogP contribution in [-0.2, 0) is 4.52 Å². The van der Waals surface area contributed by atoms with Gasteiger partial charge in [-0.1, -0.05) is 41.5 Å². The largest absolute Gasteiger partial charge is 0.390 e. The summed E-state index contributed by atoms with van der Waals surface area (Å²) in [6, 6.07) is 0. The molecule has 18 heavy (non-hydrogen) atoms. The van der Waals surface area contributed by atoms with Crippen LogP contribution in [0.25, 0.3) is 0 Å². The van der Waals surface area contributed by atoms with Crippen LogP contribution in [0.4, 0.5) is 0 Å². The second-order valence-electron chi connectivity index (χ2n) is 7.86. The number of aliphatic hydroxyl groups excluding tert-OH is 1. The maximum absolute atomic E-state index is 10.4. The van der Waals surface area contributed by atoms with Crippen molar-refractivity contribution in [1.29, 1.82) is 0 Å². The molecule has 5 unspecified atom stereocenters. The number of hydrogen-bond donors (Lipinski definition) is 1. The maximum atomic E-state index is 10.4. The SMILES string of the molecule is CPOC1C(O)CC(C(C)(C)C)CC1C(C)(C)C. The van der Waals surface area contributed by atoms with Gasteiger partial charge < -0.3 is 9.63 Å². The summed E-state index contributed by atoms with van der Waals surface area (Å²) in [5.74, 6) is 1.02. The summed E-state index contributed by atoms with van der Waals surface area (Å²) in [6.07, 6.45) is 1.76. The molecule has 0 aromatic rings. The van der Waals surface area contributed by atoms with Crippen LogP contribution in [0.2, 0.25) is 0 Å². The Hall–Kier alpha value is 0.350. The van der Waals surface area contributed by atoms with E-state index in [4.69, 9.17) is 4.52 Å². The van der Waals surface area contributed by atoms with Gasteiger partial charge in [0.25, 0.3) is 0 Å². The summed E-state index contributed by atoms with van der Waals surface area (Å²) >= 11 is 0. The Bertz CT molecular complexity index is 265. The van der Waals surface area contributed by atoms with E-state index >= 15 is 0 Å². The zero-order valence-electron chi connectivity index (χ0n) is 13.1. The van der Waals surface area contributed by atoms with Crippen LogP contribution >= 0.6 is 8.81 Å². The van der Waals surface area contributed by atoms with Gasteiger partial charge in [0.15, 0.2) is 0 Å². The Kier molecular flexibility index (Phi) is 5.26. The van der Waals surface area contributed by atoms with Gasteiger partial charge >= 0.3 is 0 Å². The van der Waals surface area contributed by atoms with Gasteiger partial charge in [-0.2, -0.15) is 0 Å². The lowest BCUT2D eigenvalue weighted by Crippen LogP contribution is -2.49. The molecule has 0 amide bonds. The van der Waals surface area contributed by atoms with E-state index in [0.717, 1.165) is 6.42 Å². The number of aliphatic hydroxyl groups is 1. The summed E-state index contributed by atoms with van der Waals surface area (Å²) in [7, 11) is 0.458. The average Bonchev–Trinajstić information content (AvgIpc) is 2.17. The predicted octanol–water partition coefficient (Wildman–Crippen LogP) is 4.07. The molecule has 1 aliphatic rings. The lowest BCUT2D eigenvalue weighted by molar-refractivity contribution is -0.0896. The molecule has 1 fully saturated rings. The minimum Gasteiger partial charge on any atom is -0.390 e. The van der Waals surface area contributed by atoms with E-state index < -0.39 is 0 Å². The number of rotatable bonds is 2. The lowest BCUT2D eigenvalue weighted by Gasteiger charge is -2.48. The second-order valence-corrected chi connectivity index (χ2v) is 8.50. The Balaban J connectivity index is 2.92. The topological polar surface area (TPSA) is 29.5 Å². The first kappa shape index (κ1) is 16.4. The molecule has 0 heterocycles. The molecule has 0 bridgehead atoms. The molecule has 0 radical (unpaired) electrons. The highest BCUT2D eigenvalue weighted by Gasteiger charge is 2.45. The van der Waals surface area contributed by atoms with Crippen molar-refractivity contribution in [3.63, 3.8) is 0 Å². The smallest absolute Gasteiger partial charge is 0.0906 e. The third kappa shape index (κ3) is 3.92. The number of hydrogen-bond acceptors (Lipinski definition) is 2. The van der Waals surface area contributed by atoms with Crippen molar-refractivity contribution in [1.82, 2.24) is 0 Å². The fourth-order valence-corrected chi connectivity index (χ4v) is 3.67. The standard InChI is InChI=1S/C15H31O2P/c1-14(2,3)10-8-11(15(4,5)6)13(17-18-7)12(16)9-10/h10-13,16,18H,8-9H2,1-7H3. The van der Waals surface area contributed by atoms with Crippen molar-refractivity contribution in [2.24, 2.45) is 22.7 Å². The van der Waals surface area contributed by atoms with E-state index in [0.29, 0.717) is 20.6 Å². The maximum Gasteiger partial charge on any atom is 0.0906 e. The van der Waals surface area contributed by atoms with Gasteiger partial charge in [0.2, 0.25) is 0 Å². The molecular weight excluding hydrogens is 243 g/mol. The van der Waals surface area contributed by atoms with Gasteiger partial charge in [-0.05, 0) is 42.2 Å². The van der Waals surface area contributed by atoms with Crippen molar-refractivity contribution in [2.75, 3.05) is 6.66 Å². The first-order valence-electron chi connectivity index (χ1n) is 7.08. The summed E-state index contributed by atoms with van der Waals surface area (Å²) in [5.41, 5.74) is 0.458. The Morgan fingerprint density at radius 2 is 1.56 bits per heavy atom. The van der Waals surface area contributed by atoms with Crippen molar-refractivity contribution >= 4 is 8.81 Å². The highest BCUT2D eigenvalue weighted by Crippen LogP contribution is 2.48. The van der Waals surface area contributed by atoms with Gasteiger partial charge in [-0.3, -0.25) is 0 Å². The molecule has 1 aliphatic carbocycles. The minimum absolute atomic E-state index is 0.0203. The van der Waals surface area contributed by atoms with Gasteiger partial charge in [0, 0.05) is 8.81 Å². The highest BCUT2D eigenvalue weighted by molar-refractivity contribution is 7.31. The van der Waals surface area contributed by atoms with Crippen LogP contribution in [0.1, 0.15) is 54.4 Å². The van der Waals surface area contributed by atoms with Crippen LogP contribution in [0.3, 0.4) is 0 Å². The van der Waals surface area contributed by atoms with Crippen molar-refractivity contribution in [2.45, 2.75) is 66.6 Å². The molecule has 2 nitrogen and oxygen atoms in total. The molecule has 1 N–H and O–H groups in total. The van der Waals surface area contributed by atoms with E-state index in [1.807, 2.05) is 6.66 Å². The molecule has 1 saturated carbocycles. The summed E-state index contributed by atoms with van der Waals surface area (Å²) < 4.78 is 5.87. The molecule has 108 valence electrons. The van der Waals surface area contributed by atoms with E-state index in [9.17, 15) is 5.11 Å². The van der Waals surface area contributed by atoms with Crippen LogP contribution in [-0.4, -0.2) is 24.0 Å². The quantitative estimate of drug-likeness (QED) is 0.769. The first-order chi connectivity index (χ1) is 8.07. The normalized spacial score (nSPS) is 35.3. The Labute approximate surface area is 115 Å². The molecular formula is C15H31O2P. The zero-order chi connectivity index (χ0) is 14.1. The van der Waals surface area contributed by atoms with Gasteiger partial charge in [-0.25, -0.2) is 0 Å². The van der Waals surface area contributed by atoms with Crippen LogP contribution in [0.5, 0.6) is 0 Å². The van der Waals surface area contributed by atoms with E-state index in [1.165, 1.54) is 6.42 Å². The van der Waals surface area contributed by atoms with Crippen LogP contribution in [0, 0.1) is 22.7 Å². The monoisotopic (exact) mass is 274 g/mol. The molecule has 0 saturated heterocycles. The Morgan fingerprint density at radius 1 is 1.00 bits per heavy atom. The molecule has 0 aliphatic heterocycles. The molecule has 0 spiro atoms. The van der Waals surface area contributed by atoms with E-state index in [2.05, 4.69) is 41.5 Å². The predicted molar refractivity (Wildman–Crippen MR) is 80.2 cm³/mol. The first-order valence-corrected chi connectivity index (χ1v) is 8.48. The molecule has 3 heteroatoms. The van der Waals surface area contributed by atoms with Crippen molar-refractivity contribution in [3.05, 3.63) is 0 Å². The van der Waals surface area contributed by atoms with Gasteiger partial charge in [0.05, 0.1) is 12.2 Å². The Morgan fingerprint density at radius 3 is 1.94 bits per heavy atom. The van der Waals surface area contributed by atoms with Gasteiger partial charge in [0.1, 0.15) is 0 Å². The van der Waals surface area contributed by atoms with Crippen molar-refractivity contribution < 1.29 is 9.63 Å². The van der Waals surface area contributed by atoms with Gasteiger partial charge in [-0.15, -0.1) is 0 Å². The molecule has 5 atom stereocenters. The fourth-order valence-electron chi connectivity index (χ4n) is 3.08. The molecule has 1 rings (SSSR count).